The lowest BCUT2D eigenvalue weighted by Crippen LogP contribution is -2.38. The molecule has 2 aromatic carbocycles. The lowest BCUT2D eigenvalue weighted by atomic mass is 10.0. The Morgan fingerprint density at radius 1 is 1.00 bits per heavy atom. The van der Waals surface area contributed by atoms with Gasteiger partial charge in [-0.2, -0.15) is 0 Å². The van der Waals surface area contributed by atoms with Gasteiger partial charge in [0.15, 0.2) is 0 Å². The van der Waals surface area contributed by atoms with Gasteiger partial charge in [0.05, 0.1) is 17.2 Å². The molecule has 0 spiro atoms. The summed E-state index contributed by atoms with van der Waals surface area (Å²) < 4.78 is 0. The highest BCUT2D eigenvalue weighted by molar-refractivity contribution is 6.22. The molecule has 5 heteroatoms. The van der Waals surface area contributed by atoms with Crippen molar-refractivity contribution in [1.29, 1.82) is 0 Å². The van der Waals surface area contributed by atoms with Crippen molar-refractivity contribution in [2.24, 2.45) is 0 Å². The van der Waals surface area contributed by atoms with Crippen molar-refractivity contribution in [1.82, 2.24) is 10.2 Å². The van der Waals surface area contributed by atoms with Gasteiger partial charge >= 0.3 is 0 Å². The van der Waals surface area contributed by atoms with Crippen LogP contribution in [-0.2, 0) is 0 Å². The second kappa shape index (κ2) is 6.99. The Hall–Kier alpha value is -2.95. The second-order valence-corrected chi connectivity index (χ2v) is 7.28. The second-order valence-electron chi connectivity index (χ2n) is 7.28. The standard InChI is InChI=1S/C22H22N2O3/c1-14(15-7-3-2-4-8-15)23-20(25)16-11-12-18-19(13-16)22(27)24(21(18)26)17-9-5-6-10-17/h2-4,7-8,11-14,17H,5-6,9-10H2,1H3,(H,23,25). The quantitative estimate of drug-likeness (QED) is 0.843. The van der Waals surface area contributed by atoms with Gasteiger partial charge in [0.2, 0.25) is 0 Å². The van der Waals surface area contributed by atoms with E-state index < -0.39 is 0 Å². The van der Waals surface area contributed by atoms with Crippen LogP contribution in [-0.4, -0.2) is 28.7 Å². The molecule has 1 fully saturated rings. The number of hydrogen-bond acceptors (Lipinski definition) is 3. The van der Waals surface area contributed by atoms with E-state index in [2.05, 4.69) is 5.32 Å². The smallest absolute Gasteiger partial charge is 0.261 e. The maximum Gasteiger partial charge on any atom is 0.261 e. The van der Waals surface area contributed by atoms with Crippen LogP contribution >= 0.6 is 0 Å². The SMILES string of the molecule is CC(NC(=O)c1ccc2c(c1)C(=O)N(C1CCCC1)C2=O)c1ccccc1. The van der Waals surface area contributed by atoms with Gasteiger partial charge in [-0.3, -0.25) is 19.3 Å². The number of hydrogen-bond donors (Lipinski definition) is 1. The summed E-state index contributed by atoms with van der Waals surface area (Å²) in [6, 6.07) is 14.3. The van der Waals surface area contributed by atoms with Gasteiger partial charge in [0.1, 0.15) is 0 Å². The summed E-state index contributed by atoms with van der Waals surface area (Å²) in [7, 11) is 0. The number of amides is 3. The third-order valence-corrected chi connectivity index (χ3v) is 5.52. The van der Waals surface area contributed by atoms with Crippen LogP contribution in [0.15, 0.2) is 48.5 Å². The van der Waals surface area contributed by atoms with Crippen molar-refractivity contribution < 1.29 is 14.4 Å². The fourth-order valence-corrected chi connectivity index (χ4v) is 4.00. The maximum atomic E-state index is 12.8. The minimum absolute atomic E-state index is 0.00669. The van der Waals surface area contributed by atoms with E-state index in [1.807, 2.05) is 37.3 Å². The molecule has 4 rings (SSSR count). The van der Waals surface area contributed by atoms with E-state index in [0.717, 1.165) is 31.2 Å². The molecule has 0 aromatic heterocycles. The number of carbonyl (C=O) groups excluding carboxylic acids is 3. The highest BCUT2D eigenvalue weighted by atomic mass is 16.2. The first-order valence-corrected chi connectivity index (χ1v) is 9.44. The zero-order valence-electron chi connectivity index (χ0n) is 15.3. The van der Waals surface area contributed by atoms with Crippen molar-refractivity contribution in [3.63, 3.8) is 0 Å². The fourth-order valence-electron chi connectivity index (χ4n) is 4.00. The Morgan fingerprint density at radius 2 is 1.67 bits per heavy atom. The summed E-state index contributed by atoms with van der Waals surface area (Å²) in [5.41, 5.74) is 2.14. The molecular formula is C22H22N2O3. The van der Waals surface area contributed by atoms with Gasteiger partial charge in [-0.1, -0.05) is 43.2 Å². The van der Waals surface area contributed by atoms with E-state index >= 15 is 0 Å². The average molecular weight is 362 g/mol. The van der Waals surface area contributed by atoms with Crippen LogP contribution in [0, 0.1) is 0 Å². The van der Waals surface area contributed by atoms with Crippen LogP contribution in [0.5, 0.6) is 0 Å². The molecule has 1 atom stereocenters. The Bertz CT molecular complexity index is 901. The van der Waals surface area contributed by atoms with Gasteiger partial charge in [-0.05, 0) is 43.5 Å². The van der Waals surface area contributed by atoms with Crippen molar-refractivity contribution in [3.05, 3.63) is 70.8 Å². The van der Waals surface area contributed by atoms with Crippen molar-refractivity contribution in [3.8, 4) is 0 Å². The number of rotatable bonds is 4. The summed E-state index contributed by atoms with van der Waals surface area (Å²) in [5.74, 6) is -0.757. The molecule has 0 bridgehead atoms. The molecule has 1 saturated carbocycles. The van der Waals surface area contributed by atoms with E-state index in [9.17, 15) is 14.4 Å². The molecule has 2 aromatic rings. The van der Waals surface area contributed by atoms with Gasteiger partial charge in [-0.15, -0.1) is 0 Å². The molecule has 0 saturated heterocycles. The third-order valence-electron chi connectivity index (χ3n) is 5.52. The predicted octanol–water partition coefficient (Wildman–Crippen LogP) is 3.72. The summed E-state index contributed by atoms with van der Waals surface area (Å²) in [6.45, 7) is 1.91. The van der Waals surface area contributed by atoms with Crippen molar-refractivity contribution in [2.75, 3.05) is 0 Å². The number of nitrogens with one attached hydrogen (secondary N) is 1. The van der Waals surface area contributed by atoms with Crippen molar-refractivity contribution >= 4 is 17.7 Å². The van der Waals surface area contributed by atoms with Crippen LogP contribution in [0.1, 0.15) is 75.3 Å². The highest BCUT2D eigenvalue weighted by Gasteiger charge is 2.41. The Morgan fingerprint density at radius 3 is 2.37 bits per heavy atom. The van der Waals surface area contributed by atoms with E-state index in [1.165, 1.54) is 4.90 Å². The van der Waals surface area contributed by atoms with E-state index in [1.54, 1.807) is 18.2 Å². The van der Waals surface area contributed by atoms with E-state index in [4.69, 9.17) is 0 Å². The molecule has 1 N–H and O–H groups in total. The fraction of sp³-hybridized carbons (Fsp3) is 0.318. The molecule has 1 aliphatic carbocycles. The predicted molar refractivity (Wildman–Crippen MR) is 102 cm³/mol. The summed E-state index contributed by atoms with van der Waals surface area (Å²) in [5, 5.41) is 2.95. The van der Waals surface area contributed by atoms with Crippen LogP contribution in [0.2, 0.25) is 0 Å². The first-order chi connectivity index (χ1) is 13.1. The molecule has 5 nitrogen and oxygen atoms in total. The number of carbonyl (C=O) groups is 3. The minimum Gasteiger partial charge on any atom is -0.346 e. The zero-order valence-corrected chi connectivity index (χ0v) is 15.3. The largest absolute Gasteiger partial charge is 0.346 e. The van der Waals surface area contributed by atoms with E-state index in [-0.39, 0.29) is 29.8 Å². The molecule has 138 valence electrons. The number of benzene rings is 2. The normalized spacial score (nSPS) is 17.9. The minimum atomic E-state index is -0.271. The highest BCUT2D eigenvalue weighted by Crippen LogP contribution is 2.32. The Labute approximate surface area is 158 Å². The molecule has 3 amide bonds. The van der Waals surface area contributed by atoms with Gasteiger partial charge in [0, 0.05) is 11.6 Å². The van der Waals surface area contributed by atoms with Crippen LogP contribution in [0.3, 0.4) is 0 Å². The number of nitrogens with zero attached hydrogens (tertiary/aromatic N) is 1. The molecule has 0 radical (unpaired) electrons. The summed E-state index contributed by atoms with van der Waals surface area (Å²) >= 11 is 0. The van der Waals surface area contributed by atoms with Crippen molar-refractivity contribution in [2.45, 2.75) is 44.7 Å². The number of fused-ring (bicyclic) bond motifs is 1. The maximum absolute atomic E-state index is 12.8. The lowest BCUT2D eigenvalue weighted by molar-refractivity contribution is 0.0587. The average Bonchev–Trinajstić information content (AvgIpc) is 3.29. The van der Waals surface area contributed by atoms with E-state index in [0.29, 0.717) is 16.7 Å². The lowest BCUT2D eigenvalue weighted by Gasteiger charge is -2.21. The Kier molecular flexibility index (Phi) is 4.52. The number of imide groups is 1. The third kappa shape index (κ3) is 3.14. The van der Waals surface area contributed by atoms with Gasteiger partial charge < -0.3 is 5.32 Å². The monoisotopic (exact) mass is 362 g/mol. The molecule has 1 heterocycles. The Balaban J connectivity index is 1.54. The summed E-state index contributed by atoms with van der Waals surface area (Å²) in [6.07, 6.45) is 3.83. The molecule has 1 aliphatic heterocycles. The molecular weight excluding hydrogens is 340 g/mol. The topological polar surface area (TPSA) is 66.5 Å². The molecule has 27 heavy (non-hydrogen) atoms. The van der Waals surface area contributed by atoms with Crippen LogP contribution in [0.25, 0.3) is 0 Å². The molecule has 2 aliphatic rings. The molecule has 1 unspecified atom stereocenters. The van der Waals surface area contributed by atoms with Gasteiger partial charge in [0.25, 0.3) is 17.7 Å². The van der Waals surface area contributed by atoms with Crippen LogP contribution < -0.4 is 5.32 Å². The summed E-state index contributed by atoms with van der Waals surface area (Å²) in [4.78, 5) is 39.5. The van der Waals surface area contributed by atoms with Crippen LogP contribution in [0.4, 0.5) is 0 Å². The first-order valence-electron chi connectivity index (χ1n) is 9.44. The zero-order chi connectivity index (χ0) is 19.0. The first kappa shape index (κ1) is 17.5. The van der Waals surface area contributed by atoms with Gasteiger partial charge in [-0.25, -0.2) is 0 Å².